The van der Waals surface area contributed by atoms with Crippen molar-refractivity contribution in [1.82, 2.24) is 5.32 Å². The van der Waals surface area contributed by atoms with Gasteiger partial charge < -0.3 is 21.1 Å². The van der Waals surface area contributed by atoms with Crippen LogP contribution < -0.4 is 16.4 Å². The molecule has 2 atom stereocenters. The fourth-order valence-corrected chi connectivity index (χ4v) is 2.31. The van der Waals surface area contributed by atoms with Crippen LogP contribution in [-0.4, -0.2) is 37.1 Å². The van der Waals surface area contributed by atoms with Gasteiger partial charge in [0.1, 0.15) is 6.04 Å². The third-order valence-electron chi connectivity index (χ3n) is 3.10. The van der Waals surface area contributed by atoms with Crippen LogP contribution in [0.3, 0.4) is 0 Å². The first kappa shape index (κ1) is 17.7. The number of nitrogens with two attached hydrogens (primary N) is 1. The third-order valence-corrected chi connectivity index (χ3v) is 3.41. The summed E-state index contributed by atoms with van der Waals surface area (Å²) in [5.41, 5.74) is 5.89. The Morgan fingerprint density at radius 1 is 1.48 bits per heavy atom. The number of amides is 2. The normalized spacial score (nSPS) is 21.2. The Morgan fingerprint density at radius 3 is 2.76 bits per heavy atom. The molecule has 1 aromatic rings. The number of ether oxygens (including phenoxy) is 1. The number of primary amides is 1. The molecule has 21 heavy (non-hydrogen) atoms. The average Bonchev–Trinajstić information content (AvgIpc) is 2.38. The summed E-state index contributed by atoms with van der Waals surface area (Å²) in [6.45, 7) is 3.05. The molecule has 1 aliphatic rings. The number of carbonyl (C=O) groups is 2. The zero-order valence-corrected chi connectivity index (χ0v) is 13.0. The van der Waals surface area contributed by atoms with Crippen molar-refractivity contribution < 1.29 is 14.3 Å². The van der Waals surface area contributed by atoms with E-state index in [1.54, 1.807) is 6.07 Å². The van der Waals surface area contributed by atoms with Crippen LogP contribution in [0.5, 0.6) is 0 Å². The Kier molecular flexibility index (Phi) is 6.42. The van der Waals surface area contributed by atoms with Crippen molar-refractivity contribution in [3.05, 3.63) is 28.8 Å². The zero-order valence-electron chi connectivity index (χ0n) is 11.4. The van der Waals surface area contributed by atoms with E-state index in [1.807, 2.05) is 6.92 Å². The summed E-state index contributed by atoms with van der Waals surface area (Å²) in [6, 6.07) is 4.14. The van der Waals surface area contributed by atoms with Crippen LogP contribution in [0.2, 0.25) is 5.02 Å². The summed E-state index contributed by atoms with van der Waals surface area (Å²) in [7, 11) is 0. The van der Waals surface area contributed by atoms with Crippen LogP contribution in [0.15, 0.2) is 18.2 Å². The molecule has 1 fully saturated rings. The standard InChI is InChI=1S/C13H16ClN3O3.ClH/c1-7-11(16-4-5-20-7)13(19)17-8-2-3-9(12(15)18)10(14)6-8;/h2-3,6-7,11,16H,4-5H2,1H3,(H2,15,18)(H,17,19);1H/t7-,11+;/m1./s1. The summed E-state index contributed by atoms with van der Waals surface area (Å²) in [4.78, 5) is 23.2. The van der Waals surface area contributed by atoms with Crippen LogP contribution >= 0.6 is 24.0 Å². The van der Waals surface area contributed by atoms with Gasteiger partial charge in [0.05, 0.1) is 23.3 Å². The molecule has 0 aromatic heterocycles. The molecule has 4 N–H and O–H groups in total. The van der Waals surface area contributed by atoms with E-state index in [2.05, 4.69) is 10.6 Å². The minimum atomic E-state index is -0.608. The van der Waals surface area contributed by atoms with Gasteiger partial charge in [0.2, 0.25) is 11.8 Å². The van der Waals surface area contributed by atoms with Crippen LogP contribution in [0.4, 0.5) is 5.69 Å². The van der Waals surface area contributed by atoms with Crippen molar-refractivity contribution in [3.63, 3.8) is 0 Å². The first-order chi connectivity index (χ1) is 9.49. The Hall–Kier alpha value is -1.34. The average molecular weight is 334 g/mol. The smallest absolute Gasteiger partial charge is 0.250 e. The highest BCUT2D eigenvalue weighted by Gasteiger charge is 2.28. The maximum Gasteiger partial charge on any atom is 0.250 e. The van der Waals surface area contributed by atoms with Gasteiger partial charge in [-0.05, 0) is 25.1 Å². The second kappa shape index (κ2) is 7.61. The molecule has 1 aliphatic heterocycles. The second-order valence-corrected chi connectivity index (χ2v) is 4.96. The SMILES string of the molecule is C[C@H]1OCCN[C@@H]1C(=O)Nc1ccc(C(N)=O)c(Cl)c1.Cl. The van der Waals surface area contributed by atoms with E-state index in [0.29, 0.717) is 18.8 Å². The molecule has 2 amide bonds. The minimum absolute atomic E-state index is 0. The monoisotopic (exact) mass is 333 g/mol. The molecule has 0 aliphatic carbocycles. The maximum absolute atomic E-state index is 12.1. The van der Waals surface area contributed by atoms with Crippen molar-refractivity contribution in [3.8, 4) is 0 Å². The lowest BCUT2D eigenvalue weighted by Gasteiger charge is -2.29. The second-order valence-electron chi connectivity index (χ2n) is 4.56. The van der Waals surface area contributed by atoms with Crippen LogP contribution in [0.1, 0.15) is 17.3 Å². The van der Waals surface area contributed by atoms with E-state index in [0.717, 1.165) is 0 Å². The highest BCUT2D eigenvalue weighted by atomic mass is 35.5. The van der Waals surface area contributed by atoms with E-state index in [1.165, 1.54) is 12.1 Å². The van der Waals surface area contributed by atoms with Crippen LogP contribution in [-0.2, 0) is 9.53 Å². The molecule has 0 radical (unpaired) electrons. The number of anilines is 1. The van der Waals surface area contributed by atoms with Crippen molar-refractivity contribution in [2.75, 3.05) is 18.5 Å². The van der Waals surface area contributed by atoms with Crippen LogP contribution in [0, 0.1) is 0 Å². The lowest BCUT2D eigenvalue weighted by atomic mass is 10.1. The van der Waals surface area contributed by atoms with E-state index < -0.39 is 11.9 Å². The first-order valence-corrected chi connectivity index (χ1v) is 6.62. The molecule has 0 saturated carbocycles. The summed E-state index contributed by atoms with van der Waals surface area (Å²) in [5, 5.41) is 6.02. The number of carbonyl (C=O) groups excluding carboxylic acids is 2. The summed E-state index contributed by atoms with van der Waals surface area (Å²) in [6.07, 6.45) is -0.205. The molecule has 0 bridgehead atoms. The maximum atomic E-state index is 12.1. The number of rotatable bonds is 3. The van der Waals surface area contributed by atoms with Crippen molar-refractivity contribution >= 4 is 41.5 Å². The predicted molar refractivity (Wildman–Crippen MR) is 83.1 cm³/mol. The van der Waals surface area contributed by atoms with E-state index in [-0.39, 0.29) is 35.0 Å². The Labute approximate surface area is 133 Å². The molecule has 6 nitrogen and oxygen atoms in total. The summed E-state index contributed by atoms with van der Waals surface area (Å²) >= 11 is 5.93. The quantitative estimate of drug-likeness (QED) is 0.774. The molecule has 0 unspecified atom stereocenters. The molecular formula is C13H17Cl2N3O3. The molecular weight excluding hydrogens is 317 g/mol. The van der Waals surface area contributed by atoms with E-state index >= 15 is 0 Å². The van der Waals surface area contributed by atoms with Gasteiger partial charge in [-0.1, -0.05) is 11.6 Å². The van der Waals surface area contributed by atoms with Gasteiger partial charge in [0.25, 0.3) is 0 Å². The Morgan fingerprint density at radius 2 is 2.19 bits per heavy atom. The highest BCUT2D eigenvalue weighted by molar-refractivity contribution is 6.34. The number of hydrogen-bond acceptors (Lipinski definition) is 4. The first-order valence-electron chi connectivity index (χ1n) is 6.24. The number of hydrogen-bond donors (Lipinski definition) is 3. The Bertz CT molecular complexity index is 539. The van der Waals surface area contributed by atoms with Crippen LogP contribution in [0.25, 0.3) is 0 Å². The lowest BCUT2D eigenvalue weighted by molar-refractivity contribution is -0.123. The van der Waals surface area contributed by atoms with Gasteiger partial charge in [0, 0.05) is 12.2 Å². The number of halogens is 2. The molecule has 0 spiro atoms. The molecule has 8 heteroatoms. The van der Waals surface area contributed by atoms with Gasteiger partial charge in [-0.3, -0.25) is 9.59 Å². The van der Waals surface area contributed by atoms with E-state index in [9.17, 15) is 9.59 Å². The molecule has 116 valence electrons. The molecule has 1 aromatic carbocycles. The fraction of sp³-hybridized carbons (Fsp3) is 0.385. The summed E-state index contributed by atoms with van der Waals surface area (Å²) in [5.74, 6) is -0.816. The zero-order chi connectivity index (χ0) is 14.7. The Balaban J connectivity index is 0.00000220. The van der Waals surface area contributed by atoms with Gasteiger partial charge in [-0.15, -0.1) is 12.4 Å². The minimum Gasteiger partial charge on any atom is -0.375 e. The predicted octanol–water partition coefficient (Wildman–Crippen LogP) is 1.18. The van der Waals surface area contributed by atoms with E-state index in [4.69, 9.17) is 22.1 Å². The van der Waals surface area contributed by atoms with Gasteiger partial charge >= 0.3 is 0 Å². The third kappa shape index (κ3) is 4.31. The lowest BCUT2D eigenvalue weighted by Crippen LogP contribution is -2.53. The summed E-state index contributed by atoms with van der Waals surface area (Å²) < 4.78 is 5.41. The van der Waals surface area contributed by atoms with Crippen molar-refractivity contribution in [2.45, 2.75) is 19.1 Å². The topological polar surface area (TPSA) is 93.4 Å². The largest absolute Gasteiger partial charge is 0.375 e. The van der Waals surface area contributed by atoms with Gasteiger partial charge in [0.15, 0.2) is 0 Å². The fourth-order valence-electron chi connectivity index (χ4n) is 2.04. The van der Waals surface area contributed by atoms with Crippen molar-refractivity contribution in [2.24, 2.45) is 5.73 Å². The van der Waals surface area contributed by atoms with Gasteiger partial charge in [-0.2, -0.15) is 0 Å². The highest BCUT2D eigenvalue weighted by Crippen LogP contribution is 2.21. The van der Waals surface area contributed by atoms with Crippen molar-refractivity contribution in [1.29, 1.82) is 0 Å². The molecule has 1 saturated heterocycles. The number of morpholine rings is 1. The molecule has 2 rings (SSSR count). The number of benzene rings is 1. The molecule has 1 heterocycles. The number of nitrogens with one attached hydrogen (secondary N) is 2. The van der Waals surface area contributed by atoms with Gasteiger partial charge in [-0.25, -0.2) is 0 Å².